The molecule has 4 rings (SSSR count). The molecule has 0 aliphatic carbocycles. The summed E-state index contributed by atoms with van der Waals surface area (Å²) in [6.45, 7) is 0. The second-order valence-corrected chi connectivity index (χ2v) is 9.05. The van der Waals surface area contributed by atoms with Crippen LogP contribution in [0.5, 0.6) is 5.75 Å². The highest BCUT2D eigenvalue weighted by molar-refractivity contribution is 9.10. The highest BCUT2D eigenvalue weighted by atomic mass is 79.9. The van der Waals surface area contributed by atoms with Crippen molar-refractivity contribution in [3.63, 3.8) is 0 Å². The Kier molecular flexibility index (Phi) is 5.57. The van der Waals surface area contributed by atoms with Crippen molar-refractivity contribution < 1.29 is 17.9 Å². The number of hydrogen-bond acceptors (Lipinski definition) is 4. The van der Waals surface area contributed by atoms with Gasteiger partial charge in [0, 0.05) is 0 Å². The summed E-state index contributed by atoms with van der Waals surface area (Å²) < 4.78 is 34.0. The van der Waals surface area contributed by atoms with Crippen molar-refractivity contribution in [3.8, 4) is 5.75 Å². The van der Waals surface area contributed by atoms with Gasteiger partial charge in [0.25, 0.3) is 10.0 Å². The van der Waals surface area contributed by atoms with Gasteiger partial charge in [0.15, 0.2) is 0 Å². The minimum absolute atomic E-state index is 0.164. The molecule has 0 bridgehead atoms. The predicted octanol–water partition coefficient (Wildman–Crippen LogP) is 5.62. The third-order valence-electron chi connectivity index (χ3n) is 4.43. The Morgan fingerprint density at radius 1 is 0.800 bits per heavy atom. The highest BCUT2D eigenvalue weighted by Gasteiger charge is 2.16. The maximum Gasteiger partial charge on any atom is 0.343 e. The predicted molar refractivity (Wildman–Crippen MR) is 120 cm³/mol. The van der Waals surface area contributed by atoms with Crippen LogP contribution in [0.25, 0.3) is 10.8 Å². The van der Waals surface area contributed by atoms with Gasteiger partial charge in [-0.2, -0.15) is 0 Å². The third-order valence-corrected chi connectivity index (χ3v) is 6.43. The van der Waals surface area contributed by atoms with Crippen LogP contribution in [0.1, 0.15) is 10.4 Å². The van der Waals surface area contributed by atoms with E-state index in [2.05, 4.69) is 20.7 Å². The number of benzene rings is 4. The summed E-state index contributed by atoms with van der Waals surface area (Å²) >= 11 is 3.33. The highest BCUT2D eigenvalue weighted by Crippen LogP contribution is 2.30. The van der Waals surface area contributed by atoms with Crippen LogP contribution in [0.2, 0.25) is 0 Å². The Hall–Kier alpha value is -3.16. The molecule has 0 atom stereocenters. The average molecular weight is 482 g/mol. The van der Waals surface area contributed by atoms with E-state index in [1.807, 2.05) is 30.3 Å². The second kappa shape index (κ2) is 8.30. The van der Waals surface area contributed by atoms with E-state index in [4.69, 9.17) is 4.74 Å². The van der Waals surface area contributed by atoms with E-state index in [1.54, 1.807) is 48.5 Å². The monoisotopic (exact) mass is 481 g/mol. The third kappa shape index (κ3) is 4.37. The Morgan fingerprint density at radius 3 is 2.23 bits per heavy atom. The number of fused-ring (bicyclic) bond motifs is 1. The number of ether oxygens (including phenoxy) is 1. The molecular formula is C23H16BrNO4S. The fraction of sp³-hybridized carbons (Fsp3) is 0. The van der Waals surface area contributed by atoms with Gasteiger partial charge in [0.05, 0.1) is 20.6 Å². The molecule has 0 fully saturated rings. The first-order chi connectivity index (χ1) is 14.4. The topological polar surface area (TPSA) is 72.5 Å². The summed E-state index contributed by atoms with van der Waals surface area (Å²) in [5.74, 6) is -0.210. The van der Waals surface area contributed by atoms with Crippen LogP contribution in [0.3, 0.4) is 0 Å². The fourth-order valence-electron chi connectivity index (χ4n) is 2.93. The van der Waals surface area contributed by atoms with Crippen molar-refractivity contribution >= 4 is 48.4 Å². The van der Waals surface area contributed by atoms with Crippen molar-refractivity contribution in [2.24, 2.45) is 0 Å². The summed E-state index contributed by atoms with van der Waals surface area (Å²) in [5, 5.41) is 1.80. The van der Waals surface area contributed by atoms with E-state index >= 15 is 0 Å². The van der Waals surface area contributed by atoms with E-state index in [9.17, 15) is 13.2 Å². The molecule has 0 unspecified atom stereocenters. The molecule has 0 amide bonds. The first kappa shape index (κ1) is 20.1. The first-order valence-corrected chi connectivity index (χ1v) is 11.3. The maximum absolute atomic E-state index is 12.8. The van der Waals surface area contributed by atoms with Gasteiger partial charge in [0.1, 0.15) is 5.75 Å². The lowest BCUT2D eigenvalue weighted by Gasteiger charge is -2.11. The van der Waals surface area contributed by atoms with Gasteiger partial charge in [0.2, 0.25) is 0 Å². The maximum atomic E-state index is 12.8. The van der Waals surface area contributed by atoms with Gasteiger partial charge in [-0.15, -0.1) is 0 Å². The Bertz CT molecular complexity index is 1340. The molecule has 0 radical (unpaired) electrons. The molecule has 0 aliphatic rings. The molecule has 7 heteroatoms. The van der Waals surface area contributed by atoms with Gasteiger partial charge >= 0.3 is 5.97 Å². The van der Waals surface area contributed by atoms with Crippen LogP contribution in [-0.4, -0.2) is 14.4 Å². The van der Waals surface area contributed by atoms with Crippen LogP contribution < -0.4 is 9.46 Å². The number of anilines is 1. The zero-order valence-corrected chi connectivity index (χ0v) is 18.0. The van der Waals surface area contributed by atoms with E-state index in [0.29, 0.717) is 15.7 Å². The molecule has 30 heavy (non-hydrogen) atoms. The smallest absolute Gasteiger partial charge is 0.343 e. The second-order valence-electron chi connectivity index (χ2n) is 6.52. The first-order valence-electron chi connectivity index (χ1n) is 9.01. The van der Waals surface area contributed by atoms with Crippen LogP contribution in [0.15, 0.2) is 100 Å². The standard InChI is InChI=1S/C23H16BrNO4S/c24-21-15-19(11-13-22(21)29-23(26)17-7-2-1-3-8-17)25-30(27,28)20-12-10-16-6-4-5-9-18(16)14-20/h1-15,25H. The lowest BCUT2D eigenvalue weighted by atomic mass is 10.1. The number of carbonyl (C=O) groups excluding carboxylic acids is 1. The Balaban J connectivity index is 1.54. The molecule has 0 heterocycles. The SMILES string of the molecule is O=C(Oc1ccc(NS(=O)(=O)c2ccc3ccccc3c2)cc1Br)c1ccccc1. The molecule has 0 saturated heterocycles. The Morgan fingerprint density at radius 2 is 1.50 bits per heavy atom. The molecule has 0 spiro atoms. The number of rotatable bonds is 5. The molecule has 4 aromatic carbocycles. The minimum Gasteiger partial charge on any atom is -0.422 e. The van der Waals surface area contributed by atoms with Gasteiger partial charge in [-0.1, -0.05) is 48.5 Å². The van der Waals surface area contributed by atoms with E-state index in [0.717, 1.165) is 10.8 Å². The summed E-state index contributed by atoms with van der Waals surface area (Å²) in [5.41, 5.74) is 0.764. The number of esters is 1. The van der Waals surface area contributed by atoms with Crippen LogP contribution in [0.4, 0.5) is 5.69 Å². The summed E-state index contributed by atoms with van der Waals surface area (Å²) in [4.78, 5) is 12.4. The summed E-state index contributed by atoms with van der Waals surface area (Å²) in [6, 6.07) is 25.7. The molecule has 4 aromatic rings. The van der Waals surface area contributed by atoms with E-state index in [1.165, 1.54) is 12.1 Å². The number of carbonyl (C=O) groups is 1. The number of halogens is 1. The van der Waals surface area contributed by atoms with Gasteiger partial charge < -0.3 is 4.74 Å². The lowest BCUT2D eigenvalue weighted by Crippen LogP contribution is -2.13. The van der Waals surface area contributed by atoms with Crippen LogP contribution >= 0.6 is 15.9 Å². The van der Waals surface area contributed by atoms with Crippen LogP contribution in [-0.2, 0) is 10.0 Å². The molecule has 0 saturated carbocycles. The van der Waals surface area contributed by atoms with Crippen molar-refractivity contribution in [2.75, 3.05) is 4.72 Å². The van der Waals surface area contributed by atoms with Crippen molar-refractivity contribution in [2.45, 2.75) is 4.90 Å². The molecule has 0 aliphatic heterocycles. The zero-order chi connectivity index (χ0) is 21.1. The largest absolute Gasteiger partial charge is 0.422 e. The molecule has 150 valence electrons. The Labute approximate surface area is 182 Å². The van der Waals surface area contributed by atoms with Gasteiger partial charge in [-0.05, 0) is 69.2 Å². The summed E-state index contributed by atoms with van der Waals surface area (Å²) in [6.07, 6.45) is 0. The minimum atomic E-state index is -3.78. The number of hydrogen-bond donors (Lipinski definition) is 1. The quantitative estimate of drug-likeness (QED) is 0.296. The van der Waals surface area contributed by atoms with Gasteiger partial charge in [-0.3, -0.25) is 4.72 Å². The molecular weight excluding hydrogens is 466 g/mol. The number of nitrogens with one attached hydrogen (secondary N) is 1. The average Bonchev–Trinajstić information content (AvgIpc) is 2.75. The molecule has 1 N–H and O–H groups in total. The summed E-state index contributed by atoms with van der Waals surface area (Å²) in [7, 11) is -3.78. The lowest BCUT2D eigenvalue weighted by molar-refractivity contribution is 0.0733. The molecule has 5 nitrogen and oxygen atoms in total. The molecule has 0 aromatic heterocycles. The normalized spacial score (nSPS) is 11.2. The number of sulfonamides is 1. The van der Waals surface area contributed by atoms with Gasteiger partial charge in [-0.25, -0.2) is 13.2 Å². The van der Waals surface area contributed by atoms with E-state index in [-0.39, 0.29) is 10.6 Å². The van der Waals surface area contributed by atoms with Crippen molar-refractivity contribution in [1.29, 1.82) is 0 Å². The van der Waals surface area contributed by atoms with Crippen molar-refractivity contribution in [3.05, 3.63) is 101 Å². The van der Waals surface area contributed by atoms with Crippen molar-refractivity contribution in [1.82, 2.24) is 0 Å². The fourth-order valence-corrected chi connectivity index (χ4v) is 4.47. The van der Waals surface area contributed by atoms with Crippen LogP contribution in [0, 0.1) is 0 Å². The zero-order valence-electron chi connectivity index (χ0n) is 15.6. The van der Waals surface area contributed by atoms with E-state index < -0.39 is 16.0 Å².